The summed E-state index contributed by atoms with van der Waals surface area (Å²) in [4.78, 5) is 21.5. The highest BCUT2D eigenvalue weighted by Gasteiger charge is 2.27. The van der Waals surface area contributed by atoms with Crippen LogP contribution >= 0.6 is 11.5 Å². The van der Waals surface area contributed by atoms with Crippen LogP contribution < -0.4 is 10.2 Å². The van der Waals surface area contributed by atoms with Crippen molar-refractivity contribution in [3.63, 3.8) is 0 Å². The van der Waals surface area contributed by atoms with E-state index in [1.165, 1.54) is 29.8 Å². The van der Waals surface area contributed by atoms with E-state index in [0.717, 1.165) is 43.7 Å². The first kappa shape index (κ1) is 22.8. The third kappa shape index (κ3) is 5.89. The molecule has 1 aliphatic heterocycles. The van der Waals surface area contributed by atoms with E-state index in [1.54, 1.807) is 6.08 Å². The van der Waals surface area contributed by atoms with Crippen LogP contribution in [0.2, 0.25) is 0 Å². The van der Waals surface area contributed by atoms with Gasteiger partial charge in [0.1, 0.15) is 17.5 Å². The number of nitrogens with zero attached hydrogens (tertiary/aromatic N) is 4. The number of amides is 1. The maximum atomic E-state index is 13.3. The summed E-state index contributed by atoms with van der Waals surface area (Å²) in [6, 6.07) is 0. The molecule has 0 saturated carbocycles. The van der Waals surface area contributed by atoms with E-state index in [9.17, 15) is 13.6 Å². The van der Waals surface area contributed by atoms with Gasteiger partial charge in [-0.2, -0.15) is 4.37 Å². The quantitative estimate of drug-likeness (QED) is 0.671. The molecular formula is C23H29F2N5OS. The van der Waals surface area contributed by atoms with Crippen LogP contribution in [0.15, 0.2) is 47.6 Å². The third-order valence-corrected chi connectivity index (χ3v) is 6.96. The van der Waals surface area contributed by atoms with Crippen LogP contribution in [0.5, 0.6) is 0 Å². The van der Waals surface area contributed by atoms with E-state index in [-0.39, 0.29) is 23.0 Å². The number of hydrogen-bond acceptors (Lipinski definition) is 6. The Morgan fingerprint density at radius 3 is 2.75 bits per heavy atom. The van der Waals surface area contributed by atoms with Gasteiger partial charge in [-0.05, 0) is 49.0 Å². The molecule has 3 aliphatic rings. The number of piperazine rings is 1. The SMILES string of the molecule is CC1(Cc2nsc(N3CCN(CCNC(=O)C4=CC(F)=CCC4)CC3)n2)C=CC(F)=CC1. The highest BCUT2D eigenvalue weighted by atomic mass is 32.1. The summed E-state index contributed by atoms with van der Waals surface area (Å²) in [7, 11) is 0. The second-order valence-electron chi connectivity index (χ2n) is 8.83. The van der Waals surface area contributed by atoms with E-state index in [1.807, 2.05) is 6.08 Å². The molecule has 6 nitrogen and oxygen atoms in total. The summed E-state index contributed by atoms with van der Waals surface area (Å²) < 4.78 is 31.1. The fraction of sp³-hybridized carbons (Fsp3) is 0.522. The van der Waals surface area contributed by atoms with Crippen molar-refractivity contribution < 1.29 is 13.6 Å². The number of carbonyl (C=O) groups is 1. The van der Waals surface area contributed by atoms with Crippen molar-refractivity contribution in [3.8, 4) is 0 Å². The zero-order valence-electron chi connectivity index (χ0n) is 18.3. The van der Waals surface area contributed by atoms with Crippen molar-refractivity contribution in [3.05, 3.63) is 53.4 Å². The minimum Gasteiger partial charge on any atom is -0.351 e. The lowest BCUT2D eigenvalue weighted by Gasteiger charge is -2.34. The topological polar surface area (TPSA) is 61.4 Å². The van der Waals surface area contributed by atoms with Gasteiger partial charge in [0.25, 0.3) is 0 Å². The molecule has 1 N–H and O–H groups in total. The van der Waals surface area contributed by atoms with Gasteiger partial charge >= 0.3 is 0 Å². The van der Waals surface area contributed by atoms with Crippen molar-refractivity contribution in [2.75, 3.05) is 44.2 Å². The summed E-state index contributed by atoms with van der Waals surface area (Å²) >= 11 is 1.42. The molecule has 0 radical (unpaired) electrons. The van der Waals surface area contributed by atoms with Crippen molar-refractivity contribution >= 4 is 22.6 Å². The smallest absolute Gasteiger partial charge is 0.247 e. The third-order valence-electron chi connectivity index (χ3n) is 6.14. The van der Waals surface area contributed by atoms with Crippen LogP contribution in [0.4, 0.5) is 13.9 Å². The van der Waals surface area contributed by atoms with Crippen LogP contribution in [0.3, 0.4) is 0 Å². The molecule has 1 saturated heterocycles. The normalized spacial score (nSPS) is 24.1. The Hall–Kier alpha value is -2.39. The Bertz CT molecular complexity index is 961. The predicted octanol–water partition coefficient (Wildman–Crippen LogP) is 3.71. The van der Waals surface area contributed by atoms with Crippen molar-refractivity contribution in [1.29, 1.82) is 0 Å². The van der Waals surface area contributed by atoms with Crippen LogP contribution in [-0.2, 0) is 11.2 Å². The minimum absolute atomic E-state index is 0.146. The highest BCUT2D eigenvalue weighted by Crippen LogP contribution is 2.33. The number of carbonyl (C=O) groups excluding carboxylic acids is 1. The first-order valence-electron chi connectivity index (χ1n) is 11.1. The van der Waals surface area contributed by atoms with Gasteiger partial charge in [-0.25, -0.2) is 13.8 Å². The lowest BCUT2D eigenvalue weighted by Crippen LogP contribution is -2.48. The van der Waals surface area contributed by atoms with Crippen LogP contribution in [0.1, 0.15) is 32.0 Å². The van der Waals surface area contributed by atoms with Gasteiger partial charge in [-0.1, -0.05) is 13.0 Å². The van der Waals surface area contributed by atoms with E-state index in [2.05, 4.69) is 26.4 Å². The van der Waals surface area contributed by atoms with E-state index in [0.29, 0.717) is 37.8 Å². The standard InChI is InChI=1S/C23H29F2N5OS/c1-23(7-5-18(24)6-8-23)16-20-27-22(32-28-20)30-13-11-29(12-14-30)10-9-26-21(31)17-3-2-4-19(25)15-17/h4-7,15H,2-3,8-14,16H2,1H3,(H,26,31). The van der Waals surface area contributed by atoms with Gasteiger partial charge in [-0.15, -0.1) is 0 Å². The monoisotopic (exact) mass is 461 g/mol. The molecule has 1 atom stereocenters. The molecule has 4 rings (SSSR count). The highest BCUT2D eigenvalue weighted by molar-refractivity contribution is 7.09. The van der Waals surface area contributed by atoms with Gasteiger partial charge < -0.3 is 10.2 Å². The second kappa shape index (κ2) is 10.0. The molecule has 172 valence electrons. The zero-order valence-corrected chi connectivity index (χ0v) is 19.1. The Balaban J connectivity index is 1.19. The molecule has 9 heteroatoms. The number of anilines is 1. The van der Waals surface area contributed by atoms with Crippen molar-refractivity contribution in [2.24, 2.45) is 5.41 Å². The molecule has 1 unspecified atom stereocenters. The number of allylic oxidation sites excluding steroid dienone is 7. The van der Waals surface area contributed by atoms with Crippen molar-refractivity contribution in [2.45, 2.75) is 32.6 Å². The molecule has 32 heavy (non-hydrogen) atoms. The number of nitrogens with one attached hydrogen (secondary N) is 1. The first-order valence-corrected chi connectivity index (χ1v) is 11.9. The van der Waals surface area contributed by atoms with Crippen LogP contribution in [0, 0.1) is 5.41 Å². The number of aromatic nitrogens is 2. The number of hydrogen-bond donors (Lipinski definition) is 1. The molecular weight excluding hydrogens is 432 g/mol. The summed E-state index contributed by atoms with van der Waals surface area (Å²) in [6.07, 6.45) is 10.4. The maximum absolute atomic E-state index is 13.3. The molecule has 2 aliphatic carbocycles. The summed E-state index contributed by atoms with van der Waals surface area (Å²) in [5, 5.41) is 3.83. The largest absolute Gasteiger partial charge is 0.351 e. The van der Waals surface area contributed by atoms with E-state index >= 15 is 0 Å². The Morgan fingerprint density at radius 1 is 1.22 bits per heavy atom. The molecule has 2 heterocycles. The lowest BCUT2D eigenvalue weighted by molar-refractivity contribution is -0.117. The molecule has 1 fully saturated rings. The molecule has 1 aromatic heterocycles. The van der Waals surface area contributed by atoms with E-state index in [4.69, 9.17) is 4.98 Å². The van der Waals surface area contributed by atoms with Gasteiger partial charge in [0.05, 0.1) is 0 Å². The molecule has 1 amide bonds. The van der Waals surface area contributed by atoms with Crippen LogP contribution in [-0.4, -0.2) is 59.4 Å². The van der Waals surface area contributed by atoms with Gasteiger partial charge in [0.2, 0.25) is 11.0 Å². The second-order valence-corrected chi connectivity index (χ2v) is 9.56. The Kier molecular flexibility index (Phi) is 7.15. The summed E-state index contributed by atoms with van der Waals surface area (Å²) in [6.45, 7) is 6.89. The average molecular weight is 462 g/mol. The molecule has 0 spiro atoms. The van der Waals surface area contributed by atoms with Gasteiger partial charge in [0, 0.05) is 62.8 Å². The summed E-state index contributed by atoms with van der Waals surface area (Å²) in [5.41, 5.74) is 0.368. The predicted molar refractivity (Wildman–Crippen MR) is 123 cm³/mol. The average Bonchev–Trinajstić information content (AvgIpc) is 3.24. The van der Waals surface area contributed by atoms with Crippen LogP contribution in [0.25, 0.3) is 0 Å². The fourth-order valence-corrected chi connectivity index (χ4v) is 4.87. The number of rotatable bonds is 7. The van der Waals surface area contributed by atoms with E-state index < -0.39 is 0 Å². The van der Waals surface area contributed by atoms with Crippen molar-refractivity contribution in [1.82, 2.24) is 19.6 Å². The first-order chi connectivity index (χ1) is 15.4. The molecule has 0 bridgehead atoms. The van der Waals surface area contributed by atoms with Gasteiger partial charge in [0.15, 0.2) is 0 Å². The minimum atomic E-state index is -0.326. The molecule has 0 aromatic carbocycles. The summed E-state index contributed by atoms with van der Waals surface area (Å²) in [5.74, 6) is 0.130. The molecule has 1 aromatic rings. The Labute approximate surface area is 191 Å². The zero-order chi connectivity index (χ0) is 22.6. The lowest BCUT2D eigenvalue weighted by atomic mass is 9.80. The fourth-order valence-electron chi connectivity index (χ4n) is 4.13. The van der Waals surface area contributed by atoms with Gasteiger partial charge in [-0.3, -0.25) is 9.69 Å². The maximum Gasteiger partial charge on any atom is 0.247 e. The number of halogens is 2. The Morgan fingerprint density at radius 2 is 2.03 bits per heavy atom.